The van der Waals surface area contributed by atoms with Crippen LogP contribution >= 0.6 is 11.3 Å². The van der Waals surface area contributed by atoms with E-state index in [1.54, 1.807) is 28.8 Å². The van der Waals surface area contributed by atoms with Gasteiger partial charge < -0.3 is 10.1 Å². The van der Waals surface area contributed by atoms with Crippen molar-refractivity contribution in [3.8, 4) is 16.3 Å². The SMILES string of the molecule is CCCc1nnc2sc(-c3cccc(NC(=O)c4ccc(OCC)cc4)c3)nn12. The van der Waals surface area contributed by atoms with E-state index in [4.69, 9.17) is 4.74 Å². The number of carbonyl (C=O) groups is 1. The molecule has 2 heterocycles. The molecule has 29 heavy (non-hydrogen) atoms. The zero-order chi connectivity index (χ0) is 20.2. The molecule has 2 aromatic carbocycles. The van der Waals surface area contributed by atoms with Gasteiger partial charge in [-0.15, -0.1) is 10.2 Å². The molecule has 148 valence electrons. The molecule has 0 aliphatic rings. The average Bonchev–Trinajstić information content (AvgIpc) is 3.31. The first-order valence-corrected chi connectivity index (χ1v) is 10.4. The molecule has 0 saturated heterocycles. The summed E-state index contributed by atoms with van der Waals surface area (Å²) in [6.07, 6.45) is 1.82. The number of ether oxygens (including phenoxy) is 1. The largest absolute Gasteiger partial charge is 0.494 e. The van der Waals surface area contributed by atoms with Crippen LogP contribution in [0.4, 0.5) is 5.69 Å². The van der Waals surface area contributed by atoms with E-state index in [2.05, 4.69) is 27.5 Å². The van der Waals surface area contributed by atoms with Crippen LogP contribution in [-0.4, -0.2) is 32.3 Å². The molecule has 0 spiro atoms. The van der Waals surface area contributed by atoms with Crippen LogP contribution in [0.1, 0.15) is 36.5 Å². The number of nitrogens with one attached hydrogen (secondary N) is 1. The van der Waals surface area contributed by atoms with E-state index < -0.39 is 0 Å². The summed E-state index contributed by atoms with van der Waals surface area (Å²) >= 11 is 1.48. The average molecular weight is 407 g/mol. The number of aryl methyl sites for hydroxylation is 1. The summed E-state index contributed by atoms with van der Waals surface area (Å²) in [6.45, 7) is 4.62. The molecule has 8 heteroatoms. The van der Waals surface area contributed by atoms with Crippen molar-refractivity contribution in [1.29, 1.82) is 0 Å². The fraction of sp³-hybridized carbons (Fsp3) is 0.238. The van der Waals surface area contributed by atoms with E-state index >= 15 is 0 Å². The Morgan fingerprint density at radius 1 is 1.14 bits per heavy atom. The summed E-state index contributed by atoms with van der Waals surface area (Å²) in [5, 5.41) is 16.8. The van der Waals surface area contributed by atoms with Crippen molar-refractivity contribution >= 4 is 27.9 Å². The zero-order valence-corrected chi connectivity index (χ0v) is 17.1. The highest BCUT2D eigenvalue weighted by atomic mass is 32.1. The number of nitrogens with zero attached hydrogens (tertiary/aromatic N) is 4. The summed E-state index contributed by atoms with van der Waals surface area (Å²) in [5.74, 6) is 1.44. The lowest BCUT2D eigenvalue weighted by Crippen LogP contribution is -2.11. The molecule has 0 aliphatic carbocycles. The molecular formula is C21H21N5O2S. The molecular weight excluding hydrogens is 386 g/mol. The molecule has 4 rings (SSSR count). The highest BCUT2D eigenvalue weighted by Gasteiger charge is 2.13. The summed E-state index contributed by atoms with van der Waals surface area (Å²) in [7, 11) is 0. The third-order valence-electron chi connectivity index (χ3n) is 4.32. The van der Waals surface area contributed by atoms with E-state index in [-0.39, 0.29) is 5.91 Å². The summed E-state index contributed by atoms with van der Waals surface area (Å²) < 4.78 is 7.22. The van der Waals surface area contributed by atoms with E-state index in [1.807, 2.05) is 31.2 Å². The number of hydrogen-bond donors (Lipinski definition) is 1. The standard InChI is InChI=1S/C21H21N5O2S/c1-3-6-18-23-24-21-26(18)25-20(29-21)15-7-5-8-16(13-15)22-19(27)14-9-11-17(12-10-14)28-4-2/h5,7-13H,3-4,6H2,1-2H3,(H,22,27). The van der Waals surface area contributed by atoms with Crippen LogP contribution in [0.15, 0.2) is 48.5 Å². The zero-order valence-electron chi connectivity index (χ0n) is 16.3. The number of fused-ring (bicyclic) bond motifs is 1. The molecule has 0 radical (unpaired) electrons. The summed E-state index contributed by atoms with van der Waals surface area (Å²) in [6, 6.07) is 14.7. The molecule has 0 aliphatic heterocycles. The Hall–Kier alpha value is -3.26. The first kappa shape index (κ1) is 19.1. The van der Waals surface area contributed by atoms with Crippen molar-refractivity contribution in [2.75, 3.05) is 11.9 Å². The Morgan fingerprint density at radius 3 is 2.72 bits per heavy atom. The van der Waals surface area contributed by atoms with Crippen molar-refractivity contribution < 1.29 is 9.53 Å². The summed E-state index contributed by atoms with van der Waals surface area (Å²) in [4.78, 5) is 13.3. The van der Waals surface area contributed by atoms with Gasteiger partial charge in [-0.1, -0.05) is 30.4 Å². The smallest absolute Gasteiger partial charge is 0.255 e. The first-order valence-electron chi connectivity index (χ1n) is 9.53. The minimum atomic E-state index is -0.173. The van der Waals surface area contributed by atoms with E-state index in [9.17, 15) is 4.79 Å². The van der Waals surface area contributed by atoms with Crippen LogP contribution in [-0.2, 0) is 6.42 Å². The number of aromatic nitrogens is 4. The van der Waals surface area contributed by atoms with Crippen LogP contribution < -0.4 is 10.1 Å². The minimum absolute atomic E-state index is 0.173. The Bertz CT molecular complexity index is 1130. The summed E-state index contributed by atoms with van der Waals surface area (Å²) in [5.41, 5.74) is 2.20. The third-order valence-corrected chi connectivity index (χ3v) is 5.27. The second-order valence-electron chi connectivity index (χ2n) is 6.46. The molecule has 2 aromatic heterocycles. The number of rotatable bonds is 7. The fourth-order valence-electron chi connectivity index (χ4n) is 2.96. The van der Waals surface area contributed by atoms with Crippen molar-refractivity contribution in [1.82, 2.24) is 19.8 Å². The molecule has 0 unspecified atom stereocenters. The van der Waals surface area contributed by atoms with Crippen LogP contribution in [0.2, 0.25) is 0 Å². The second-order valence-corrected chi connectivity index (χ2v) is 7.42. The van der Waals surface area contributed by atoms with E-state index in [1.165, 1.54) is 11.3 Å². The first-order chi connectivity index (χ1) is 14.2. The van der Waals surface area contributed by atoms with Gasteiger partial charge in [-0.05, 0) is 49.7 Å². The number of anilines is 1. The molecule has 4 aromatic rings. The predicted octanol–water partition coefficient (Wildman–Crippen LogP) is 4.46. The van der Waals surface area contributed by atoms with Crippen molar-refractivity contribution in [3.05, 3.63) is 59.9 Å². The topological polar surface area (TPSA) is 81.4 Å². The van der Waals surface area contributed by atoms with Crippen molar-refractivity contribution in [3.63, 3.8) is 0 Å². The molecule has 1 amide bonds. The van der Waals surface area contributed by atoms with Crippen molar-refractivity contribution in [2.24, 2.45) is 0 Å². The van der Waals surface area contributed by atoms with Crippen molar-refractivity contribution in [2.45, 2.75) is 26.7 Å². The van der Waals surface area contributed by atoms with Gasteiger partial charge in [0, 0.05) is 23.2 Å². The van der Waals surface area contributed by atoms with Crippen LogP contribution in [0.3, 0.4) is 0 Å². The van der Waals surface area contributed by atoms with Gasteiger partial charge in [0.15, 0.2) is 5.82 Å². The van der Waals surface area contributed by atoms with Gasteiger partial charge in [0.2, 0.25) is 4.96 Å². The highest BCUT2D eigenvalue weighted by molar-refractivity contribution is 7.19. The predicted molar refractivity (Wildman–Crippen MR) is 114 cm³/mol. The lowest BCUT2D eigenvalue weighted by atomic mass is 10.1. The van der Waals surface area contributed by atoms with Gasteiger partial charge in [-0.25, -0.2) is 0 Å². The number of benzene rings is 2. The minimum Gasteiger partial charge on any atom is -0.494 e. The second kappa shape index (κ2) is 8.40. The highest BCUT2D eigenvalue weighted by Crippen LogP contribution is 2.28. The lowest BCUT2D eigenvalue weighted by Gasteiger charge is -2.08. The van der Waals surface area contributed by atoms with Gasteiger partial charge in [-0.3, -0.25) is 4.79 Å². The third kappa shape index (κ3) is 4.12. The van der Waals surface area contributed by atoms with Gasteiger partial charge >= 0.3 is 0 Å². The van der Waals surface area contributed by atoms with Gasteiger partial charge in [-0.2, -0.15) is 9.61 Å². The molecule has 0 atom stereocenters. The maximum atomic E-state index is 12.6. The van der Waals surface area contributed by atoms with E-state index in [0.717, 1.165) is 39.9 Å². The molecule has 0 saturated carbocycles. The maximum Gasteiger partial charge on any atom is 0.255 e. The maximum absolute atomic E-state index is 12.6. The lowest BCUT2D eigenvalue weighted by molar-refractivity contribution is 0.102. The Balaban J connectivity index is 1.53. The van der Waals surface area contributed by atoms with Crippen LogP contribution in [0, 0.1) is 0 Å². The van der Waals surface area contributed by atoms with Crippen LogP contribution in [0.5, 0.6) is 5.75 Å². The monoisotopic (exact) mass is 407 g/mol. The fourth-order valence-corrected chi connectivity index (χ4v) is 3.81. The van der Waals surface area contributed by atoms with Gasteiger partial charge in [0.25, 0.3) is 5.91 Å². The Kier molecular flexibility index (Phi) is 5.53. The van der Waals surface area contributed by atoms with E-state index in [0.29, 0.717) is 17.9 Å². The normalized spacial score (nSPS) is 11.0. The molecule has 7 nitrogen and oxygen atoms in total. The van der Waals surface area contributed by atoms with Crippen LogP contribution in [0.25, 0.3) is 15.5 Å². The van der Waals surface area contributed by atoms with Gasteiger partial charge in [0.1, 0.15) is 10.8 Å². The number of carbonyl (C=O) groups excluding carboxylic acids is 1. The molecule has 1 N–H and O–H groups in total. The number of hydrogen-bond acceptors (Lipinski definition) is 6. The quantitative estimate of drug-likeness (QED) is 0.489. The Morgan fingerprint density at radius 2 is 1.97 bits per heavy atom. The number of amides is 1. The molecule has 0 fully saturated rings. The molecule has 0 bridgehead atoms. The Labute approximate surface area is 172 Å². The van der Waals surface area contributed by atoms with Gasteiger partial charge in [0.05, 0.1) is 6.61 Å².